The molecule has 0 radical (unpaired) electrons. The number of carboxylic acid groups (broad SMARTS) is 1. The number of nitrogens with zero attached hydrogens (tertiary/aromatic N) is 4. The van der Waals surface area contributed by atoms with Gasteiger partial charge in [0.1, 0.15) is 22.1 Å². The summed E-state index contributed by atoms with van der Waals surface area (Å²) in [6, 6.07) is 7.49. The van der Waals surface area contributed by atoms with Gasteiger partial charge in [0.15, 0.2) is 6.10 Å². The highest BCUT2D eigenvalue weighted by Gasteiger charge is 2.54. The van der Waals surface area contributed by atoms with Crippen molar-refractivity contribution in [1.29, 1.82) is 0 Å². The van der Waals surface area contributed by atoms with E-state index < -0.39 is 35.3 Å². The first kappa shape index (κ1) is 21.4. The average molecular weight is 462 g/mol. The number of fused-ring (bicyclic) bond motifs is 1. The van der Waals surface area contributed by atoms with Crippen LogP contribution in [0.1, 0.15) is 11.7 Å². The quantitative estimate of drug-likeness (QED) is 0.395. The molecule has 2 unspecified atom stereocenters. The molecular formula is C19H19N5O5S2. The Labute approximate surface area is 185 Å². The van der Waals surface area contributed by atoms with Crippen molar-refractivity contribution in [2.24, 2.45) is 7.05 Å². The van der Waals surface area contributed by atoms with Gasteiger partial charge in [-0.25, -0.2) is 4.79 Å². The maximum absolute atomic E-state index is 12.7. The Hall–Kier alpha value is -2.83. The highest BCUT2D eigenvalue weighted by atomic mass is 32.2. The zero-order valence-electron chi connectivity index (χ0n) is 16.3. The minimum Gasteiger partial charge on any atom is -0.477 e. The van der Waals surface area contributed by atoms with E-state index in [4.69, 9.17) is 0 Å². The molecule has 0 aliphatic carbocycles. The van der Waals surface area contributed by atoms with Crippen molar-refractivity contribution in [3.8, 4) is 0 Å². The van der Waals surface area contributed by atoms with Crippen LogP contribution in [0.3, 0.4) is 0 Å². The molecule has 0 spiro atoms. The van der Waals surface area contributed by atoms with Crippen molar-refractivity contribution >= 4 is 41.3 Å². The predicted octanol–water partition coefficient (Wildman–Crippen LogP) is 0.379. The van der Waals surface area contributed by atoms with Gasteiger partial charge in [-0.1, -0.05) is 42.1 Å². The Balaban J connectivity index is 1.45. The number of thioether (sulfide) groups is 2. The molecule has 1 fully saturated rings. The number of aliphatic hydroxyl groups excluding tert-OH is 1. The van der Waals surface area contributed by atoms with E-state index in [2.05, 4.69) is 15.5 Å². The predicted molar refractivity (Wildman–Crippen MR) is 113 cm³/mol. The van der Waals surface area contributed by atoms with Crippen LogP contribution >= 0.6 is 23.5 Å². The summed E-state index contributed by atoms with van der Waals surface area (Å²) in [6.45, 7) is 0. The first-order valence-electron chi connectivity index (χ1n) is 9.29. The van der Waals surface area contributed by atoms with Crippen molar-refractivity contribution in [2.45, 2.75) is 22.5 Å². The lowest BCUT2D eigenvalue weighted by molar-refractivity contribution is -0.151. The number of aryl methyl sites for hydroxylation is 1. The van der Waals surface area contributed by atoms with Crippen LogP contribution in [-0.4, -0.2) is 70.8 Å². The Morgan fingerprint density at radius 1 is 1.35 bits per heavy atom. The molecule has 2 aliphatic heterocycles. The van der Waals surface area contributed by atoms with Crippen LogP contribution < -0.4 is 5.32 Å². The number of carbonyl (C=O) groups is 3. The Bertz CT molecular complexity index is 1060. The maximum Gasteiger partial charge on any atom is 0.352 e. The van der Waals surface area contributed by atoms with Crippen LogP contribution in [0.15, 0.2) is 52.8 Å². The molecule has 2 aliphatic rings. The fourth-order valence-corrected chi connectivity index (χ4v) is 5.70. The SMILES string of the molecule is Cn1ncc(SCC2=C(C(=O)O)N3C(=O)C(NC(=O)C(O)c4ccccc4)[C@@H]3SC2)n1. The molecule has 1 aromatic heterocycles. The second-order valence-corrected chi connectivity index (χ2v) is 9.03. The molecule has 4 rings (SSSR count). The second-order valence-electron chi connectivity index (χ2n) is 6.93. The normalized spacial score (nSPS) is 21.4. The number of β-lactam (4-membered cyclic amide) rings is 1. The summed E-state index contributed by atoms with van der Waals surface area (Å²) >= 11 is 2.72. The number of rotatable bonds is 7. The third-order valence-electron chi connectivity index (χ3n) is 4.88. The molecule has 1 aromatic carbocycles. The van der Waals surface area contributed by atoms with Gasteiger partial charge in [-0.15, -0.1) is 16.9 Å². The Morgan fingerprint density at radius 3 is 2.74 bits per heavy atom. The van der Waals surface area contributed by atoms with Crippen molar-refractivity contribution in [3.63, 3.8) is 0 Å². The zero-order valence-corrected chi connectivity index (χ0v) is 18.0. The van der Waals surface area contributed by atoms with Crippen molar-refractivity contribution < 1.29 is 24.6 Å². The topological polar surface area (TPSA) is 138 Å². The highest BCUT2D eigenvalue weighted by Crippen LogP contribution is 2.41. The zero-order chi connectivity index (χ0) is 22.1. The van der Waals surface area contributed by atoms with Crippen LogP contribution in [0.25, 0.3) is 0 Å². The average Bonchev–Trinajstić information content (AvgIpc) is 3.20. The highest BCUT2D eigenvalue weighted by molar-refractivity contribution is 8.01. The van der Waals surface area contributed by atoms with Gasteiger partial charge in [-0.3, -0.25) is 14.5 Å². The van der Waals surface area contributed by atoms with Gasteiger partial charge in [0.05, 0.1) is 6.20 Å². The molecule has 1 saturated heterocycles. The van der Waals surface area contributed by atoms with E-state index in [9.17, 15) is 24.6 Å². The largest absolute Gasteiger partial charge is 0.477 e. The molecular weight excluding hydrogens is 442 g/mol. The number of amides is 2. The number of benzene rings is 1. The fourth-order valence-electron chi connectivity index (χ4n) is 3.37. The summed E-state index contributed by atoms with van der Waals surface area (Å²) in [4.78, 5) is 39.7. The standard InChI is InChI=1S/C19H19N5O5S2/c1-23-20-7-12(22-23)30-8-11-9-31-18-13(17(27)24(18)14(11)19(28)29)21-16(26)15(25)10-5-3-2-4-6-10/h2-7,13,15,18,25H,8-9H2,1H3,(H,21,26)(H,28,29)/t13?,15?,18-/m0/s1. The maximum atomic E-state index is 12.7. The van der Waals surface area contributed by atoms with E-state index in [1.807, 2.05) is 0 Å². The fraction of sp³-hybridized carbons (Fsp3) is 0.316. The molecule has 10 nitrogen and oxygen atoms in total. The lowest BCUT2D eigenvalue weighted by Crippen LogP contribution is -2.70. The van der Waals surface area contributed by atoms with Crippen LogP contribution in [0.2, 0.25) is 0 Å². The second kappa shape index (κ2) is 8.73. The van der Waals surface area contributed by atoms with Gasteiger partial charge >= 0.3 is 5.97 Å². The first-order valence-corrected chi connectivity index (χ1v) is 11.3. The van der Waals surface area contributed by atoms with Gasteiger partial charge < -0.3 is 15.5 Å². The lowest BCUT2D eigenvalue weighted by Gasteiger charge is -2.49. The molecule has 0 saturated carbocycles. The Kier molecular flexibility index (Phi) is 6.03. The summed E-state index contributed by atoms with van der Waals surface area (Å²) in [5.74, 6) is -1.65. The van der Waals surface area contributed by atoms with E-state index in [0.29, 0.717) is 27.7 Å². The van der Waals surface area contributed by atoms with E-state index in [-0.39, 0.29) is 5.70 Å². The Morgan fingerprint density at radius 2 is 2.10 bits per heavy atom. The first-order chi connectivity index (χ1) is 14.9. The van der Waals surface area contributed by atoms with E-state index in [1.165, 1.54) is 33.2 Å². The van der Waals surface area contributed by atoms with Gasteiger partial charge in [-0.05, 0) is 11.1 Å². The number of carboxylic acids is 1. The number of aliphatic hydroxyl groups is 1. The van der Waals surface area contributed by atoms with E-state index in [0.717, 1.165) is 0 Å². The van der Waals surface area contributed by atoms with Gasteiger partial charge in [0.2, 0.25) is 0 Å². The smallest absolute Gasteiger partial charge is 0.352 e. The molecule has 12 heteroatoms. The van der Waals surface area contributed by atoms with Crippen LogP contribution in [0, 0.1) is 0 Å². The van der Waals surface area contributed by atoms with Crippen molar-refractivity contribution in [1.82, 2.24) is 25.2 Å². The van der Waals surface area contributed by atoms with Gasteiger partial charge in [0.25, 0.3) is 11.8 Å². The third kappa shape index (κ3) is 4.18. The van der Waals surface area contributed by atoms with Crippen LogP contribution in [0.4, 0.5) is 0 Å². The minimum absolute atomic E-state index is 0.0563. The molecule has 2 amide bonds. The van der Waals surface area contributed by atoms with E-state index in [1.54, 1.807) is 43.6 Å². The molecule has 162 valence electrons. The number of carbonyl (C=O) groups excluding carboxylic acids is 2. The molecule has 3 heterocycles. The summed E-state index contributed by atoms with van der Waals surface area (Å²) in [5, 5.41) is 30.8. The van der Waals surface area contributed by atoms with E-state index >= 15 is 0 Å². The van der Waals surface area contributed by atoms with Gasteiger partial charge in [-0.2, -0.15) is 9.90 Å². The number of aromatic nitrogens is 3. The number of hydrogen-bond acceptors (Lipinski definition) is 8. The summed E-state index contributed by atoms with van der Waals surface area (Å²) < 4.78 is 0. The number of nitrogens with one attached hydrogen (secondary N) is 1. The molecule has 3 atom stereocenters. The summed E-state index contributed by atoms with van der Waals surface area (Å²) in [7, 11) is 1.69. The van der Waals surface area contributed by atoms with Crippen LogP contribution in [0.5, 0.6) is 0 Å². The molecule has 0 bridgehead atoms. The number of hydrogen-bond donors (Lipinski definition) is 3. The summed E-state index contributed by atoms with van der Waals surface area (Å²) in [5.41, 5.74) is 0.959. The van der Waals surface area contributed by atoms with Gasteiger partial charge in [0, 0.05) is 18.6 Å². The molecule has 31 heavy (non-hydrogen) atoms. The summed E-state index contributed by atoms with van der Waals surface area (Å²) in [6.07, 6.45) is 0.174. The third-order valence-corrected chi connectivity index (χ3v) is 7.20. The monoisotopic (exact) mass is 461 g/mol. The van der Waals surface area contributed by atoms with Crippen molar-refractivity contribution in [2.75, 3.05) is 11.5 Å². The van der Waals surface area contributed by atoms with Crippen LogP contribution in [-0.2, 0) is 21.4 Å². The molecule has 2 aromatic rings. The number of aliphatic carboxylic acids is 1. The molecule has 3 N–H and O–H groups in total. The van der Waals surface area contributed by atoms with Crippen molar-refractivity contribution in [3.05, 3.63) is 53.4 Å². The lowest BCUT2D eigenvalue weighted by atomic mass is 10.0. The minimum atomic E-state index is -1.41.